The van der Waals surface area contributed by atoms with Gasteiger partial charge in [0.2, 0.25) is 5.91 Å². The molecule has 1 amide bonds. The number of likely N-dealkylation sites (N-methyl/N-ethyl adjacent to an activating group) is 1. The zero-order chi connectivity index (χ0) is 8.97. The first-order valence-electron chi connectivity index (χ1n) is 3.61. The van der Waals surface area contributed by atoms with E-state index in [1.807, 2.05) is 17.8 Å². The molecule has 0 unspecified atom stereocenters. The summed E-state index contributed by atoms with van der Waals surface area (Å²) in [7, 11) is 3.46. The monoisotopic (exact) mass is 167 g/mol. The third-order valence-corrected chi connectivity index (χ3v) is 1.49. The van der Waals surface area contributed by atoms with E-state index in [2.05, 4.69) is 10.3 Å². The summed E-state index contributed by atoms with van der Waals surface area (Å²) >= 11 is 0. The molecular formula is C8H13N3O. The van der Waals surface area contributed by atoms with Gasteiger partial charge in [0.1, 0.15) is 5.82 Å². The summed E-state index contributed by atoms with van der Waals surface area (Å²) in [5.41, 5.74) is 0. The van der Waals surface area contributed by atoms with Crippen molar-refractivity contribution in [2.45, 2.75) is 0 Å². The van der Waals surface area contributed by atoms with Gasteiger partial charge in [0, 0.05) is 34.0 Å². The summed E-state index contributed by atoms with van der Waals surface area (Å²) in [5.74, 6) is 0.636. The first-order chi connectivity index (χ1) is 5.74. The van der Waals surface area contributed by atoms with Crippen LogP contribution in [0, 0.1) is 0 Å². The van der Waals surface area contributed by atoms with Crippen LogP contribution in [0.15, 0.2) is 18.5 Å². The maximum atomic E-state index is 10.8. The molecule has 0 saturated carbocycles. The summed E-state index contributed by atoms with van der Waals surface area (Å²) in [6.07, 6.45) is 6.62. The minimum Gasteiger partial charge on any atom is -0.356 e. The highest BCUT2D eigenvalue weighted by atomic mass is 16.1. The molecule has 0 radical (unpaired) electrons. The molecule has 12 heavy (non-hydrogen) atoms. The van der Waals surface area contributed by atoms with Crippen molar-refractivity contribution in [3.63, 3.8) is 0 Å². The fourth-order valence-corrected chi connectivity index (χ4v) is 0.771. The summed E-state index contributed by atoms with van der Waals surface area (Å²) in [6.45, 7) is 0. The van der Waals surface area contributed by atoms with Gasteiger partial charge < -0.3 is 9.88 Å². The summed E-state index contributed by atoms with van der Waals surface area (Å²) < 4.78 is 1.83. The largest absolute Gasteiger partial charge is 0.356 e. The van der Waals surface area contributed by atoms with E-state index in [1.54, 1.807) is 19.3 Å². The van der Waals surface area contributed by atoms with E-state index in [0.717, 1.165) is 5.82 Å². The zero-order valence-electron chi connectivity index (χ0n) is 7.11. The Labute approximate surface area is 72.4 Å². The van der Waals surface area contributed by atoms with E-state index in [0.29, 0.717) is 0 Å². The fraction of sp³-hybridized carbons (Fsp3) is 0.250. The average molecular weight is 167 g/mol. The second-order valence-electron chi connectivity index (χ2n) is 2.34. The van der Waals surface area contributed by atoms with Crippen LogP contribution in [0.25, 0.3) is 6.08 Å². The van der Waals surface area contributed by atoms with Gasteiger partial charge in [-0.3, -0.25) is 4.79 Å². The lowest BCUT2D eigenvalue weighted by Crippen LogP contribution is -2.14. The van der Waals surface area contributed by atoms with E-state index < -0.39 is 0 Å². The van der Waals surface area contributed by atoms with Gasteiger partial charge in [0.05, 0.1) is 0 Å². The maximum absolute atomic E-state index is 10.8. The van der Waals surface area contributed by atoms with Crippen molar-refractivity contribution in [3.8, 4) is 0 Å². The number of nitrogens with zero attached hydrogens (tertiary/aromatic N) is 2. The molecule has 0 aliphatic heterocycles. The molecule has 0 aromatic carbocycles. The lowest BCUT2D eigenvalue weighted by molar-refractivity contribution is -0.115. The lowest BCUT2D eigenvalue weighted by atomic mass is 10.4. The molecule has 0 bridgehead atoms. The Kier molecular flexibility index (Phi) is 2.63. The van der Waals surface area contributed by atoms with Crippen molar-refractivity contribution in [1.82, 2.24) is 14.9 Å². The molecule has 1 rings (SSSR count). The predicted octanol–water partition coefficient (Wildman–Crippen LogP) is 0.425. The molecule has 0 spiro atoms. The van der Waals surface area contributed by atoms with Gasteiger partial charge in [-0.05, 0) is 6.08 Å². The van der Waals surface area contributed by atoms with Crippen LogP contribution >= 0.6 is 0 Å². The second-order valence-corrected chi connectivity index (χ2v) is 2.34. The van der Waals surface area contributed by atoms with E-state index in [4.69, 9.17) is 0 Å². The molecule has 1 heterocycles. The number of imidazole rings is 1. The third-order valence-electron chi connectivity index (χ3n) is 1.49. The van der Waals surface area contributed by atoms with Gasteiger partial charge >= 0.3 is 0 Å². The third kappa shape index (κ3) is 1.95. The topological polar surface area (TPSA) is 46.9 Å². The second kappa shape index (κ2) is 3.71. The Morgan fingerprint density at radius 3 is 3.08 bits per heavy atom. The minimum absolute atomic E-state index is 0. The molecule has 0 saturated heterocycles. The lowest BCUT2D eigenvalue weighted by Gasteiger charge is -1.93. The fourth-order valence-electron chi connectivity index (χ4n) is 0.771. The number of carbonyl (C=O) groups excluding carboxylic acids is 1. The Hall–Kier alpha value is -1.58. The first kappa shape index (κ1) is 8.52. The Morgan fingerprint density at radius 2 is 2.58 bits per heavy atom. The number of aryl methyl sites for hydroxylation is 1. The van der Waals surface area contributed by atoms with E-state index in [1.165, 1.54) is 6.08 Å². The molecule has 0 atom stereocenters. The van der Waals surface area contributed by atoms with Crippen molar-refractivity contribution in [3.05, 3.63) is 24.3 Å². The minimum atomic E-state index is -0.127. The summed E-state index contributed by atoms with van der Waals surface area (Å²) in [4.78, 5) is 14.8. The van der Waals surface area contributed by atoms with Crippen LogP contribution < -0.4 is 5.32 Å². The number of carbonyl (C=O) groups is 1. The molecule has 4 heteroatoms. The van der Waals surface area contributed by atoms with Crippen molar-refractivity contribution >= 4 is 12.0 Å². The van der Waals surface area contributed by atoms with Gasteiger partial charge in [-0.25, -0.2) is 4.98 Å². The smallest absolute Gasteiger partial charge is 0.243 e. The summed E-state index contributed by atoms with van der Waals surface area (Å²) in [6, 6.07) is 0. The standard InChI is InChI=1S/C8H11N3O.H2/c1-9-8(12)4-3-7-10-5-6-11(7)2;/h3-6H,1-2H3,(H,9,12);1H/b4-3+;. The van der Waals surface area contributed by atoms with Crippen LogP contribution in [0.1, 0.15) is 7.25 Å². The van der Waals surface area contributed by atoms with Crippen LogP contribution in [-0.4, -0.2) is 22.5 Å². The number of hydrogen-bond acceptors (Lipinski definition) is 2. The Morgan fingerprint density at radius 1 is 1.83 bits per heavy atom. The molecule has 1 N–H and O–H groups in total. The molecule has 0 aliphatic carbocycles. The Bertz CT molecular complexity index is 306. The maximum Gasteiger partial charge on any atom is 0.243 e. The van der Waals surface area contributed by atoms with Crippen LogP contribution in [0.2, 0.25) is 0 Å². The van der Waals surface area contributed by atoms with Gasteiger partial charge in [-0.2, -0.15) is 0 Å². The molecule has 0 aliphatic rings. The normalized spacial score (nSPS) is 10.5. The van der Waals surface area contributed by atoms with Gasteiger partial charge in [0.25, 0.3) is 0 Å². The SMILES string of the molecule is CNC(=O)/C=C/c1nccn1C.[HH]. The zero-order valence-corrected chi connectivity index (χ0v) is 7.11. The van der Waals surface area contributed by atoms with Crippen molar-refractivity contribution in [2.24, 2.45) is 7.05 Å². The highest BCUT2D eigenvalue weighted by Crippen LogP contribution is 1.95. The van der Waals surface area contributed by atoms with Crippen LogP contribution in [0.3, 0.4) is 0 Å². The Balaban J connectivity index is 0.00000144. The van der Waals surface area contributed by atoms with Crippen molar-refractivity contribution in [1.29, 1.82) is 0 Å². The van der Waals surface area contributed by atoms with Crippen molar-refractivity contribution in [2.75, 3.05) is 7.05 Å². The van der Waals surface area contributed by atoms with Crippen LogP contribution in [0.4, 0.5) is 0 Å². The van der Waals surface area contributed by atoms with Crippen molar-refractivity contribution < 1.29 is 6.22 Å². The van der Waals surface area contributed by atoms with Gasteiger partial charge in [-0.1, -0.05) is 0 Å². The first-order valence-corrected chi connectivity index (χ1v) is 3.61. The summed E-state index contributed by atoms with van der Waals surface area (Å²) in [5, 5.41) is 2.48. The molecule has 0 fully saturated rings. The van der Waals surface area contributed by atoms with E-state index in [9.17, 15) is 4.79 Å². The predicted molar refractivity (Wildman–Crippen MR) is 48.4 cm³/mol. The molecule has 1 aromatic heterocycles. The number of amides is 1. The van der Waals surface area contributed by atoms with Gasteiger partial charge in [0.15, 0.2) is 0 Å². The molecule has 66 valence electrons. The molecule has 1 aromatic rings. The quantitative estimate of drug-likeness (QED) is 0.649. The highest BCUT2D eigenvalue weighted by molar-refractivity contribution is 5.90. The van der Waals surface area contributed by atoms with Gasteiger partial charge in [-0.15, -0.1) is 0 Å². The van der Waals surface area contributed by atoms with Crippen LogP contribution in [-0.2, 0) is 11.8 Å². The number of nitrogens with one attached hydrogen (secondary N) is 1. The molecule has 4 nitrogen and oxygen atoms in total. The number of aromatic nitrogens is 2. The van der Waals surface area contributed by atoms with Crippen LogP contribution in [0.5, 0.6) is 0 Å². The molecular weight excluding hydrogens is 154 g/mol. The number of rotatable bonds is 2. The number of hydrogen-bond donors (Lipinski definition) is 1. The van der Waals surface area contributed by atoms with E-state index >= 15 is 0 Å². The van der Waals surface area contributed by atoms with E-state index in [-0.39, 0.29) is 7.33 Å². The highest BCUT2D eigenvalue weighted by Gasteiger charge is 1.93. The average Bonchev–Trinajstić information content (AvgIpc) is 2.47.